The molecular weight excluding hydrogens is 264 g/mol. The zero-order valence-electron chi connectivity index (χ0n) is 11.6. The second-order valence-electron chi connectivity index (χ2n) is 5.02. The van der Waals surface area contributed by atoms with E-state index in [2.05, 4.69) is 50.2 Å². The molecule has 0 radical (unpaired) electrons. The Morgan fingerprint density at radius 2 is 2.05 bits per heavy atom. The van der Waals surface area contributed by atoms with Gasteiger partial charge in [-0.05, 0) is 24.3 Å². The molecule has 0 saturated carbocycles. The van der Waals surface area contributed by atoms with Crippen molar-refractivity contribution in [2.45, 2.75) is 6.54 Å². The highest BCUT2D eigenvalue weighted by Gasteiger charge is 2.08. The molecule has 0 spiro atoms. The zero-order chi connectivity index (χ0) is 14.2. The van der Waals surface area contributed by atoms with Gasteiger partial charge in [0.15, 0.2) is 5.82 Å². The molecule has 0 aliphatic carbocycles. The van der Waals surface area contributed by atoms with Crippen molar-refractivity contribution < 1.29 is 0 Å². The van der Waals surface area contributed by atoms with Crippen molar-refractivity contribution in [3.8, 4) is 5.69 Å². The summed E-state index contributed by atoms with van der Waals surface area (Å²) in [5, 5.41) is 9.46. The van der Waals surface area contributed by atoms with Crippen molar-refractivity contribution in [2.75, 3.05) is 0 Å². The average Bonchev–Trinajstić information content (AvgIpc) is 3.22. The molecule has 0 fully saturated rings. The first-order valence-corrected chi connectivity index (χ1v) is 6.71. The number of hydrogen-bond acceptors (Lipinski definition) is 3. The number of aromatic nitrogens is 6. The highest BCUT2D eigenvalue weighted by Crippen LogP contribution is 2.20. The normalized spacial score (nSPS) is 11.3. The molecule has 4 aromatic rings. The van der Waals surface area contributed by atoms with E-state index in [1.807, 2.05) is 22.4 Å². The predicted molar refractivity (Wildman–Crippen MR) is 79.2 cm³/mol. The monoisotopic (exact) mass is 278 g/mol. The molecule has 0 saturated heterocycles. The van der Waals surface area contributed by atoms with Crippen LogP contribution >= 0.6 is 0 Å². The summed E-state index contributed by atoms with van der Waals surface area (Å²) < 4.78 is 6.09. The number of hydrogen-bond donors (Lipinski definition) is 0. The van der Waals surface area contributed by atoms with E-state index < -0.39 is 0 Å². The van der Waals surface area contributed by atoms with Crippen LogP contribution in [0.1, 0.15) is 5.82 Å². The molecular formula is C15H14N6. The van der Waals surface area contributed by atoms with E-state index in [1.165, 1.54) is 10.9 Å². The van der Waals surface area contributed by atoms with Gasteiger partial charge in [-0.3, -0.25) is 4.57 Å². The predicted octanol–water partition coefficient (Wildman–Crippen LogP) is 2.00. The van der Waals surface area contributed by atoms with E-state index in [9.17, 15) is 0 Å². The Balaban J connectivity index is 1.76. The summed E-state index contributed by atoms with van der Waals surface area (Å²) in [5.41, 5.74) is 2.27. The third kappa shape index (κ3) is 2.01. The fourth-order valence-corrected chi connectivity index (χ4v) is 2.54. The number of benzene rings is 1. The average molecular weight is 278 g/mol. The maximum absolute atomic E-state index is 4.21. The van der Waals surface area contributed by atoms with Crippen LogP contribution < -0.4 is 0 Å². The minimum Gasteiger partial charge on any atom is -0.351 e. The van der Waals surface area contributed by atoms with Crippen LogP contribution in [-0.4, -0.2) is 28.9 Å². The Morgan fingerprint density at radius 1 is 1.10 bits per heavy atom. The highest BCUT2D eigenvalue weighted by atomic mass is 15.3. The molecule has 4 rings (SSSR count). The molecule has 3 heterocycles. The Labute approximate surface area is 121 Å². The van der Waals surface area contributed by atoms with Gasteiger partial charge in [0.25, 0.3) is 0 Å². The number of aryl methyl sites for hydroxylation is 1. The minimum atomic E-state index is 0.646. The lowest BCUT2D eigenvalue weighted by Gasteiger charge is -2.07. The van der Waals surface area contributed by atoms with Gasteiger partial charge in [0.05, 0.1) is 12.9 Å². The molecule has 0 aliphatic rings. The van der Waals surface area contributed by atoms with E-state index in [-0.39, 0.29) is 0 Å². The second-order valence-corrected chi connectivity index (χ2v) is 5.02. The van der Waals surface area contributed by atoms with Crippen LogP contribution in [-0.2, 0) is 13.6 Å². The van der Waals surface area contributed by atoms with Crippen molar-refractivity contribution in [3.63, 3.8) is 0 Å². The Bertz CT molecular complexity index is 884. The summed E-state index contributed by atoms with van der Waals surface area (Å²) >= 11 is 0. The molecule has 0 N–H and O–H groups in total. The number of nitrogens with zero attached hydrogens (tertiary/aromatic N) is 6. The van der Waals surface area contributed by atoms with Crippen molar-refractivity contribution in [3.05, 3.63) is 61.3 Å². The molecule has 3 aromatic heterocycles. The summed E-state index contributed by atoms with van der Waals surface area (Å²) in [5.74, 6) is 0.878. The first kappa shape index (κ1) is 11.9. The van der Waals surface area contributed by atoms with Crippen LogP contribution in [0.25, 0.3) is 16.6 Å². The van der Waals surface area contributed by atoms with Crippen LogP contribution in [0.5, 0.6) is 0 Å². The van der Waals surface area contributed by atoms with Gasteiger partial charge < -0.3 is 9.13 Å². The fraction of sp³-hybridized carbons (Fsp3) is 0.133. The van der Waals surface area contributed by atoms with Gasteiger partial charge in [-0.1, -0.05) is 0 Å². The molecule has 1 aromatic carbocycles. The van der Waals surface area contributed by atoms with E-state index in [4.69, 9.17) is 0 Å². The Hall–Kier alpha value is -2.89. The summed E-state index contributed by atoms with van der Waals surface area (Å²) in [6, 6.07) is 8.46. The molecule has 104 valence electrons. The number of imidazole rings is 1. The van der Waals surface area contributed by atoms with Gasteiger partial charge >= 0.3 is 0 Å². The first-order valence-electron chi connectivity index (χ1n) is 6.71. The largest absolute Gasteiger partial charge is 0.351 e. The summed E-state index contributed by atoms with van der Waals surface area (Å²) in [6.45, 7) is 0.646. The molecule has 0 bridgehead atoms. The second kappa shape index (κ2) is 4.59. The van der Waals surface area contributed by atoms with Crippen LogP contribution in [0.3, 0.4) is 0 Å². The van der Waals surface area contributed by atoms with Crippen LogP contribution in [0.15, 0.2) is 55.5 Å². The van der Waals surface area contributed by atoms with Gasteiger partial charge in [-0.2, -0.15) is 0 Å². The van der Waals surface area contributed by atoms with Gasteiger partial charge in [-0.25, -0.2) is 4.98 Å². The SMILES string of the molecule is Cn1ccc2cc(-n3cnnc3Cn3ccnc3)ccc21. The summed E-state index contributed by atoms with van der Waals surface area (Å²) in [6.07, 6.45) is 9.26. The van der Waals surface area contributed by atoms with E-state index in [0.29, 0.717) is 6.54 Å². The van der Waals surface area contributed by atoms with E-state index in [0.717, 1.165) is 11.5 Å². The van der Waals surface area contributed by atoms with Gasteiger partial charge in [0.2, 0.25) is 0 Å². The summed E-state index contributed by atoms with van der Waals surface area (Å²) in [4.78, 5) is 4.05. The van der Waals surface area contributed by atoms with Crippen molar-refractivity contribution in [2.24, 2.45) is 7.05 Å². The van der Waals surface area contributed by atoms with E-state index >= 15 is 0 Å². The highest BCUT2D eigenvalue weighted by molar-refractivity contribution is 5.82. The van der Waals surface area contributed by atoms with E-state index in [1.54, 1.807) is 18.9 Å². The number of fused-ring (bicyclic) bond motifs is 1. The van der Waals surface area contributed by atoms with Gasteiger partial charge in [0.1, 0.15) is 6.33 Å². The molecule has 6 nitrogen and oxygen atoms in total. The molecule has 0 aliphatic heterocycles. The van der Waals surface area contributed by atoms with Crippen LogP contribution in [0.2, 0.25) is 0 Å². The lowest BCUT2D eigenvalue weighted by Crippen LogP contribution is -2.05. The quantitative estimate of drug-likeness (QED) is 0.576. The van der Waals surface area contributed by atoms with Crippen molar-refractivity contribution in [1.82, 2.24) is 28.9 Å². The van der Waals surface area contributed by atoms with Crippen molar-refractivity contribution in [1.29, 1.82) is 0 Å². The Kier molecular flexibility index (Phi) is 2.60. The third-order valence-electron chi connectivity index (χ3n) is 3.65. The van der Waals surface area contributed by atoms with Gasteiger partial charge in [-0.15, -0.1) is 10.2 Å². The minimum absolute atomic E-state index is 0.646. The molecule has 0 unspecified atom stereocenters. The smallest absolute Gasteiger partial charge is 0.157 e. The lowest BCUT2D eigenvalue weighted by molar-refractivity contribution is 0.724. The molecule has 21 heavy (non-hydrogen) atoms. The summed E-state index contributed by atoms with van der Waals surface area (Å²) in [7, 11) is 2.05. The Morgan fingerprint density at radius 3 is 2.90 bits per heavy atom. The van der Waals surface area contributed by atoms with Crippen LogP contribution in [0.4, 0.5) is 0 Å². The molecule has 6 heteroatoms. The standard InChI is InChI=1S/C15H14N6/c1-19-6-4-12-8-13(2-3-14(12)19)21-11-17-18-15(21)9-20-7-5-16-10-20/h2-8,10-11H,9H2,1H3. The van der Waals surface area contributed by atoms with Gasteiger partial charge in [0, 0.05) is 42.2 Å². The molecule has 0 atom stereocenters. The third-order valence-corrected chi connectivity index (χ3v) is 3.65. The van der Waals surface area contributed by atoms with Crippen LogP contribution in [0, 0.1) is 0 Å². The topological polar surface area (TPSA) is 53.5 Å². The lowest BCUT2D eigenvalue weighted by atomic mass is 10.2. The maximum atomic E-state index is 4.21. The fourth-order valence-electron chi connectivity index (χ4n) is 2.54. The first-order chi connectivity index (χ1) is 10.3. The molecule has 0 amide bonds. The van der Waals surface area contributed by atoms with Crippen molar-refractivity contribution >= 4 is 10.9 Å². The maximum Gasteiger partial charge on any atom is 0.157 e. The zero-order valence-corrected chi connectivity index (χ0v) is 11.6. The number of rotatable bonds is 3.